The van der Waals surface area contributed by atoms with Crippen LogP contribution in [0.2, 0.25) is 0 Å². The predicted octanol–water partition coefficient (Wildman–Crippen LogP) is 2.12. The fourth-order valence-electron chi connectivity index (χ4n) is 3.20. The van der Waals surface area contributed by atoms with Crippen molar-refractivity contribution < 1.29 is 9.47 Å². The van der Waals surface area contributed by atoms with E-state index < -0.39 is 0 Å². The minimum atomic E-state index is 0.0750. The van der Waals surface area contributed by atoms with Crippen LogP contribution < -0.4 is 14.5 Å². The molecule has 1 atom stereocenters. The Balaban J connectivity index is 1.59. The van der Waals surface area contributed by atoms with Crippen molar-refractivity contribution in [2.75, 3.05) is 49.8 Å². The summed E-state index contributed by atoms with van der Waals surface area (Å²) in [5.41, 5.74) is 1.05. The Labute approximate surface area is 145 Å². The van der Waals surface area contributed by atoms with Gasteiger partial charge in [-0.25, -0.2) is 15.0 Å². The summed E-state index contributed by atoms with van der Waals surface area (Å²) < 4.78 is 10.9. The fourth-order valence-corrected chi connectivity index (χ4v) is 4.13. The minimum Gasteiger partial charge on any atom is -0.481 e. The number of nitrogens with zero attached hydrogens (tertiary/aromatic N) is 5. The van der Waals surface area contributed by atoms with E-state index in [1.54, 1.807) is 18.4 Å². The lowest BCUT2D eigenvalue weighted by Gasteiger charge is -2.35. The molecule has 0 aromatic carbocycles. The van der Waals surface area contributed by atoms with Crippen LogP contribution in [0.15, 0.2) is 17.8 Å². The van der Waals surface area contributed by atoms with E-state index in [0.717, 1.165) is 36.3 Å². The third-order valence-corrected chi connectivity index (χ3v) is 5.41. The van der Waals surface area contributed by atoms with Gasteiger partial charge in [0.25, 0.3) is 0 Å². The molecule has 4 heterocycles. The van der Waals surface area contributed by atoms with E-state index in [4.69, 9.17) is 14.5 Å². The van der Waals surface area contributed by atoms with Gasteiger partial charge in [-0.3, -0.25) is 0 Å². The van der Waals surface area contributed by atoms with Crippen LogP contribution >= 0.6 is 11.3 Å². The smallest absolute Gasteiger partial charge is 0.218 e. The number of methoxy groups -OCH3 is 1. The molecule has 0 saturated carbocycles. The first-order valence-corrected chi connectivity index (χ1v) is 9.14. The summed E-state index contributed by atoms with van der Waals surface area (Å²) in [6.07, 6.45) is 4.06. The van der Waals surface area contributed by atoms with Gasteiger partial charge in [0.05, 0.1) is 32.1 Å². The number of ether oxygens (including phenoxy) is 2. The van der Waals surface area contributed by atoms with Crippen molar-refractivity contribution in [3.8, 4) is 5.88 Å². The van der Waals surface area contributed by atoms with Gasteiger partial charge >= 0.3 is 0 Å². The second kappa shape index (κ2) is 6.90. The van der Waals surface area contributed by atoms with Gasteiger partial charge in [0, 0.05) is 31.1 Å². The van der Waals surface area contributed by atoms with Crippen LogP contribution in [0.25, 0.3) is 0 Å². The Morgan fingerprint density at radius 3 is 2.96 bits per heavy atom. The maximum atomic E-state index is 5.71. The van der Waals surface area contributed by atoms with Crippen LogP contribution in [0.4, 0.5) is 10.9 Å². The van der Waals surface area contributed by atoms with Crippen molar-refractivity contribution in [3.05, 3.63) is 23.5 Å². The topological polar surface area (TPSA) is 63.6 Å². The molecule has 7 nitrogen and oxygen atoms in total. The Hall–Kier alpha value is -1.93. The third-order valence-electron chi connectivity index (χ3n) is 4.49. The van der Waals surface area contributed by atoms with Gasteiger partial charge in [-0.05, 0) is 12.8 Å². The number of thiazole rings is 1. The van der Waals surface area contributed by atoms with Crippen LogP contribution in [0.5, 0.6) is 5.88 Å². The van der Waals surface area contributed by atoms with E-state index in [1.807, 2.05) is 6.07 Å². The second-order valence-electron chi connectivity index (χ2n) is 5.95. The SMILES string of the molecule is COc1cc(N2CCOC[C@H]2c2csc(N3CCCC3)n2)ncn1. The zero-order valence-electron chi connectivity index (χ0n) is 13.7. The summed E-state index contributed by atoms with van der Waals surface area (Å²) in [7, 11) is 1.62. The van der Waals surface area contributed by atoms with Crippen LogP contribution in [0, 0.1) is 0 Å². The van der Waals surface area contributed by atoms with E-state index in [9.17, 15) is 0 Å². The van der Waals surface area contributed by atoms with Gasteiger partial charge in [0.1, 0.15) is 12.1 Å². The maximum absolute atomic E-state index is 5.71. The highest BCUT2D eigenvalue weighted by Crippen LogP contribution is 2.33. The summed E-state index contributed by atoms with van der Waals surface area (Å²) in [5, 5.41) is 3.27. The molecule has 0 spiro atoms. The van der Waals surface area contributed by atoms with Crippen LogP contribution in [-0.4, -0.2) is 54.9 Å². The molecule has 0 unspecified atom stereocenters. The molecule has 2 aliphatic heterocycles. The molecule has 2 fully saturated rings. The summed E-state index contributed by atoms with van der Waals surface area (Å²) in [6, 6.07) is 1.94. The maximum Gasteiger partial charge on any atom is 0.218 e. The first-order chi connectivity index (χ1) is 11.8. The molecule has 2 aromatic rings. The summed E-state index contributed by atoms with van der Waals surface area (Å²) in [6.45, 7) is 4.31. The van der Waals surface area contributed by atoms with Crippen LogP contribution in [0.1, 0.15) is 24.6 Å². The van der Waals surface area contributed by atoms with Gasteiger partial charge in [-0.2, -0.15) is 0 Å². The molecular weight excluding hydrogens is 326 g/mol. The molecule has 0 amide bonds. The molecule has 24 heavy (non-hydrogen) atoms. The minimum absolute atomic E-state index is 0.0750. The number of rotatable bonds is 4. The van der Waals surface area contributed by atoms with Crippen molar-refractivity contribution in [3.63, 3.8) is 0 Å². The lowest BCUT2D eigenvalue weighted by molar-refractivity contribution is 0.0927. The van der Waals surface area contributed by atoms with Gasteiger partial charge < -0.3 is 19.3 Å². The predicted molar refractivity (Wildman–Crippen MR) is 93.1 cm³/mol. The van der Waals surface area contributed by atoms with Crippen molar-refractivity contribution >= 4 is 22.3 Å². The highest BCUT2D eigenvalue weighted by molar-refractivity contribution is 7.13. The second-order valence-corrected chi connectivity index (χ2v) is 6.79. The Morgan fingerprint density at radius 1 is 1.25 bits per heavy atom. The van der Waals surface area contributed by atoms with E-state index in [0.29, 0.717) is 19.1 Å². The normalized spacial score (nSPS) is 21.3. The van der Waals surface area contributed by atoms with Gasteiger partial charge in [0.15, 0.2) is 5.13 Å². The Morgan fingerprint density at radius 2 is 2.12 bits per heavy atom. The van der Waals surface area contributed by atoms with Crippen molar-refractivity contribution in [1.29, 1.82) is 0 Å². The number of hydrogen-bond donors (Lipinski definition) is 0. The molecule has 0 bridgehead atoms. The molecule has 2 saturated heterocycles. The molecule has 0 N–H and O–H groups in total. The number of hydrogen-bond acceptors (Lipinski definition) is 8. The van der Waals surface area contributed by atoms with Crippen molar-refractivity contribution in [2.45, 2.75) is 18.9 Å². The molecule has 2 aromatic heterocycles. The highest BCUT2D eigenvalue weighted by Gasteiger charge is 2.29. The summed E-state index contributed by atoms with van der Waals surface area (Å²) in [5.74, 6) is 1.42. The average molecular weight is 347 g/mol. The average Bonchev–Trinajstić information content (AvgIpc) is 3.33. The summed E-state index contributed by atoms with van der Waals surface area (Å²) in [4.78, 5) is 18.0. The van der Waals surface area contributed by atoms with Crippen LogP contribution in [-0.2, 0) is 4.74 Å². The number of anilines is 2. The zero-order valence-corrected chi connectivity index (χ0v) is 14.5. The molecule has 0 aliphatic carbocycles. The van der Waals surface area contributed by atoms with E-state index in [2.05, 4.69) is 25.1 Å². The third kappa shape index (κ3) is 3.03. The van der Waals surface area contributed by atoms with E-state index in [1.165, 1.54) is 19.2 Å². The molecule has 2 aliphatic rings. The van der Waals surface area contributed by atoms with Gasteiger partial charge in [-0.1, -0.05) is 0 Å². The van der Waals surface area contributed by atoms with Gasteiger partial charge in [0.2, 0.25) is 5.88 Å². The molecular formula is C16H21N5O2S. The largest absolute Gasteiger partial charge is 0.481 e. The lowest BCUT2D eigenvalue weighted by atomic mass is 10.2. The number of morpholine rings is 1. The highest BCUT2D eigenvalue weighted by atomic mass is 32.1. The van der Waals surface area contributed by atoms with E-state index >= 15 is 0 Å². The first-order valence-electron chi connectivity index (χ1n) is 8.26. The molecule has 4 rings (SSSR count). The molecule has 0 radical (unpaired) electrons. The fraction of sp³-hybridized carbons (Fsp3) is 0.562. The van der Waals surface area contributed by atoms with Crippen LogP contribution in [0.3, 0.4) is 0 Å². The molecule has 128 valence electrons. The zero-order chi connectivity index (χ0) is 16.4. The van der Waals surface area contributed by atoms with Crippen molar-refractivity contribution in [2.24, 2.45) is 0 Å². The monoisotopic (exact) mass is 347 g/mol. The first kappa shape index (κ1) is 15.6. The quantitative estimate of drug-likeness (QED) is 0.839. The molecule has 8 heteroatoms. The standard InChI is InChI=1S/C16H21N5O2S/c1-22-15-8-14(17-11-18-15)21-6-7-23-9-13(21)12-10-24-16(19-12)20-4-2-3-5-20/h8,10-11,13H,2-7,9H2,1H3/t13-/m0/s1. The van der Waals surface area contributed by atoms with Gasteiger partial charge in [-0.15, -0.1) is 11.3 Å². The number of aromatic nitrogens is 3. The van der Waals surface area contributed by atoms with E-state index in [-0.39, 0.29) is 6.04 Å². The Kier molecular flexibility index (Phi) is 4.48. The lowest BCUT2D eigenvalue weighted by Crippen LogP contribution is -2.40. The Bertz CT molecular complexity index is 689. The van der Waals surface area contributed by atoms with Crippen molar-refractivity contribution in [1.82, 2.24) is 15.0 Å². The summed E-state index contributed by atoms with van der Waals surface area (Å²) >= 11 is 1.72.